The van der Waals surface area contributed by atoms with Crippen LogP contribution in [0.1, 0.15) is 62.7 Å². The van der Waals surface area contributed by atoms with Crippen molar-refractivity contribution in [2.75, 3.05) is 94.6 Å². The molecule has 1 amide bonds. The summed E-state index contributed by atoms with van der Waals surface area (Å²) >= 11 is 1.43. The van der Waals surface area contributed by atoms with E-state index in [1.807, 2.05) is 35.1 Å². The number of thioether (sulfide) groups is 1. The van der Waals surface area contributed by atoms with Crippen LogP contribution in [0.3, 0.4) is 0 Å². The van der Waals surface area contributed by atoms with Crippen molar-refractivity contribution in [2.45, 2.75) is 85.0 Å². The highest BCUT2D eigenvalue weighted by Gasteiger charge is 2.48. The van der Waals surface area contributed by atoms with Gasteiger partial charge in [-0.3, -0.25) is 14.6 Å². The Labute approximate surface area is 402 Å². The van der Waals surface area contributed by atoms with E-state index in [0.717, 1.165) is 85.8 Å². The first-order chi connectivity index (χ1) is 32.1. The van der Waals surface area contributed by atoms with Crippen molar-refractivity contribution >= 4 is 48.9 Å². The summed E-state index contributed by atoms with van der Waals surface area (Å²) in [5.74, 6) is -0.719. The lowest BCUT2D eigenvalue weighted by Gasteiger charge is -2.39. The summed E-state index contributed by atoms with van der Waals surface area (Å²) in [4.78, 5) is 20.9. The Hall–Kier alpha value is -4.05. The first-order valence-corrected chi connectivity index (χ1v) is 26.9. The van der Waals surface area contributed by atoms with Crippen LogP contribution in [0.2, 0.25) is 0 Å². The Bertz CT molecular complexity index is 2440. The monoisotopic (exact) mass is 1010 g/mol. The van der Waals surface area contributed by atoms with Gasteiger partial charge in [0.05, 0.1) is 17.2 Å². The van der Waals surface area contributed by atoms with Crippen LogP contribution < -0.4 is 14.9 Å². The minimum atomic E-state index is -6.09. The van der Waals surface area contributed by atoms with Gasteiger partial charge in [-0.1, -0.05) is 49.8 Å². The van der Waals surface area contributed by atoms with Crippen LogP contribution in [-0.2, 0) is 19.9 Å². The lowest BCUT2D eigenvalue weighted by Crippen LogP contribution is -2.48. The van der Waals surface area contributed by atoms with Gasteiger partial charge >= 0.3 is 5.51 Å². The zero-order chi connectivity index (χ0) is 49.3. The summed E-state index contributed by atoms with van der Waals surface area (Å²) < 4.78 is 124. The van der Waals surface area contributed by atoms with Crippen molar-refractivity contribution in [2.24, 2.45) is 5.41 Å². The number of benzene rings is 3. The number of aliphatic hydroxyl groups excluding tert-OH is 1. The number of hydrogen-bond acceptors (Lipinski definition) is 12. The minimum absolute atomic E-state index is 0.0438. The van der Waals surface area contributed by atoms with E-state index in [4.69, 9.17) is 0 Å². The molecule has 3 N–H and O–H groups in total. The Balaban J connectivity index is 1.12. The molecule has 3 aromatic rings. The molecule has 3 aliphatic rings. The predicted molar refractivity (Wildman–Crippen MR) is 258 cm³/mol. The number of hydrogen-bond donors (Lipinski definition) is 3. The standard InChI is InChI=1S/C48H63F5N6O6S3/c1-35(9-16-45(49)50)42-32-47(2,3)19-17-37(42)33-58-25-27-59(28-26-58)39-12-10-36(11-13-39)46(61)55-68(64,65)41-14-15-43(44(31-41)67(62,63)48(51,52)53)54-38(34-66-40-7-5-4-6-8-40)18-20-56-21-23-57(24-22-56)29-30-60/h4-8,10-15,31,38,45,54,60H,1,9,16-30,32-34H2,2-3H3,(H,55,61)/t38-/m1/s1. The van der Waals surface area contributed by atoms with Gasteiger partial charge in [0.2, 0.25) is 6.43 Å². The highest BCUT2D eigenvalue weighted by atomic mass is 32.2. The largest absolute Gasteiger partial charge is 0.501 e. The second-order valence-electron chi connectivity index (χ2n) is 18.5. The summed E-state index contributed by atoms with van der Waals surface area (Å²) in [5.41, 5.74) is -2.22. The summed E-state index contributed by atoms with van der Waals surface area (Å²) in [6.45, 7) is 16.1. The topological polar surface area (TPSA) is 143 Å². The third kappa shape index (κ3) is 14.5. The smallest absolute Gasteiger partial charge is 0.395 e. The molecule has 374 valence electrons. The summed E-state index contributed by atoms with van der Waals surface area (Å²) in [7, 11) is -11.0. The van der Waals surface area contributed by atoms with Gasteiger partial charge in [-0.05, 0) is 97.7 Å². The second-order valence-corrected chi connectivity index (χ2v) is 23.2. The Morgan fingerprint density at radius 3 is 2.10 bits per heavy atom. The van der Waals surface area contributed by atoms with Gasteiger partial charge in [0.1, 0.15) is 4.90 Å². The number of sulfonamides is 1. The third-order valence-corrected chi connectivity index (χ3v) is 16.9. The van der Waals surface area contributed by atoms with Crippen molar-refractivity contribution < 1.29 is 48.7 Å². The van der Waals surface area contributed by atoms with Crippen LogP contribution >= 0.6 is 11.8 Å². The van der Waals surface area contributed by atoms with Crippen LogP contribution in [-0.4, -0.2) is 145 Å². The number of nitrogens with zero attached hydrogens (tertiary/aromatic N) is 4. The number of carbonyl (C=O) groups is 1. The molecule has 0 spiro atoms. The average molecular weight is 1010 g/mol. The number of halogens is 5. The molecule has 20 heteroatoms. The van der Waals surface area contributed by atoms with Crippen LogP contribution in [0.25, 0.3) is 0 Å². The van der Waals surface area contributed by atoms with Gasteiger partial charge in [-0.15, -0.1) is 11.8 Å². The van der Waals surface area contributed by atoms with E-state index in [0.29, 0.717) is 57.5 Å². The maximum atomic E-state index is 14.2. The number of anilines is 2. The fourth-order valence-corrected chi connectivity index (χ4v) is 11.8. The third-order valence-electron chi connectivity index (χ3n) is 12.9. The number of aliphatic hydroxyl groups is 1. The number of alkyl halides is 5. The van der Waals surface area contributed by atoms with E-state index in [1.165, 1.54) is 29.5 Å². The fraction of sp³-hybridized carbons (Fsp3) is 0.521. The zero-order valence-electron chi connectivity index (χ0n) is 38.6. The van der Waals surface area contributed by atoms with Gasteiger partial charge in [0.25, 0.3) is 25.8 Å². The second kappa shape index (κ2) is 23.2. The molecule has 0 radical (unpaired) electrons. The molecular weight excluding hydrogens is 948 g/mol. The number of β-amino-alcohol motifs (C(OH)–C–C–N with tert-alkyl or cyclic N) is 1. The lowest BCUT2D eigenvalue weighted by atomic mass is 9.72. The molecule has 2 fully saturated rings. The van der Waals surface area contributed by atoms with E-state index in [-0.39, 0.29) is 30.4 Å². The zero-order valence-corrected chi connectivity index (χ0v) is 41.1. The van der Waals surface area contributed by atoms with Crippen molar-refractivity contribution in [1.82, 2.24) is 19.4 Å². The molecule has 0 bridgehead atoms. The Morgan fingerprint density at radius 2 is 1.49 bits per heavy atom. The van der Waals surface area contributed by atoms with Crippen LogP contribution in [0.5, 0.6) is 0 Å². The van der Waals surface area contributed by atoms with Crippen LogP contribution in [0.4, 0.5) is 33.3 Å². The highest BCUT2D eigenvalue weighted by Crippen LogP contribution is 2.43. The van der Waals surface area contributed by atoms with E-state index < -0.39 is 59.2 Å². The number of nitrogens with one attached hydrogen (secondary N) is 2. The van der Waals surface area contributed by atoms with Gasteiger partial charge < -0.3 is 20.2 Å². The van der Waals surface area contributed by atoms with Crippen LogP contribution in [0, 0.1) is 5.41 Å². The van der Waals surface area contributed by atoms with Crippen molar-refractivity contribution in [3.8, 4) is 0 Å². The molecule has 2 aliphatic heterocycles. The quantitative estimate of drug-likeness (QED) is 0.0706. The molecule has 2 heterocycles. The highest BCUT2D eigenvalue weighted by molar-refractivity contribution is 7.99. The van der Waals surface area contributed by atoms with E-state index in [1.54, 1.807) is 12.1 Å². The predicted octanol–water partition coefficient (Wildman–Crippen LogP) is 7.90. The molecule has 68 heavy (non-hydrogen) atoms. The number of piperazine rings is 2. The Morgan fingerprint density at radius 1 is 0.853 bits per heavy atom. The number of sulfone groups is 1. The minimum Gasteiger partial charge on any atom is -0.395 e. The lowest BCUT2D eigenvalue weighted by molar-refractivity contribution is -0.0436. The first-order valence-electron chi connectivity index (χ1n) is 22.9. The van der Waals surface area contributed by atoms with Gasteiger partial charge in [0.15, 0.2) is 0 Å². The molecule has 12 nitrogen and oxygen atoms in total. The average Bonchev–Trinajstić information content (AvgIpc) is 3.30. The van der Waals surface area contributed by atoms with E-state index in [9.17, 15) is 48.7 Å². The number of amides is 1. The van der Waals surface area contributed by atoms with Crippen LogP contribution in [0.15, 0.2) is 111 Å². The fourth-order valence-electron chi connectivity index (χ4n) is 8.80. The SMILES string of the molecule is C=C(CCC(F)F)C1=C(CN2CCN(c3ccc(C(=O)NS(=O)(=O)c4ccc(N[C@H](CCN5CCN(CCO)CC5)CSc5ccccc5)c(S(=O)(=O)C(F)(F)F)c4)cc3)CC2)CCC(C)(C)C1. The molecule has 0 unspecified atom stereocenters. The number of carbonyl (C=O) groups excluding carboxylic acids is 1. The van der Waals surface area contributed by atoms with Crippen molar-refractivity contribution in [3.63, 3.8) is 0 Å². The van der Waals surface area contributed by atoms with Gasteiger partial charge in [-0.2, -0.15) is 13.2 Å². The molecule has 2 saturated heterocycles. The molecule has 3 aromatic carbocycles. The molecule has 6 rings (SSSR count). The molecular formula is C48H63F5N6O6S3. The molecule has 0 aromatic heterocycles. The number of allylic oxidation sites excluding steroid dienone is 2. The Kier molecular flexibility index (Phi) is 18.2. The van der Waals surface area contributed by atoms with Crippen molar-refractivity contribution in [3.05, 3.63) is 102 Å². The van der Waals surface area contributed by atoms with E-state index in [2.05, 4.69) is 45.3 Å². The van der Waals surface area contributed by atoms with Crippen molar-refractivity contribution in [1.29, 1.82) is 0 Å². The summed E-state index contributed by atoms with van der Waals surface area (Å²) in [6, 6.07) is 17.4. The molecule has 1 aliphatic carbocycles. The maximum absolute atomic E-state index is 14.2. The maximum Gasteiger partial charge on any atom is 0.501 e. The molecule has 1 atom stereocenters. The summed E-state index contributed by atoms with van der Waals surface area (Å²) in [5, 5.41) is 12.3. The summed E-state index contributed by atoms with van der Waals surface area (Å²) in [6.07, 6.45) is 0.787. The normalized spacial score (nSPS) is 18.5. The molecule has 0 saturated carbocycles. The van der Waals surface area contributed by atoms with Gasteiger partial charge in [-0.25, -0.2) is 30.3 Å². The van der Waals surface area contributed by atoms with E-state index >= 15 is 0 Å². The first kappa shape index (κ1) is 53.3. The number of rotatable bonds is 21. The van der Waals surface area contributed by atoms with Gasteiger partial charge in [0, 0.05) is 106 Å².